The molecule has 3 aromatic rings. The van der Waals surface area contributed by atoms with Crippen molar-refractivity contribution in [1.82, 2.24) is 14.8 Å². The first-order valence-corrected chi connectivity index (χ1v) is 10.2. The van der Waals surface area contributed by atoms with Crippen molar-refractivity contribution < 1.29 is 14.4 Å². The van der Waals surface area contributed by atoms with Gasteiger partial charge in [-0.1, -0.05) is 17.8 Å². The molecule has 0 N–H and O–H groups in total. The quantitative estimate of drug-likeness (QED) is 0.300. The second kappa shape index (κ2) is 9.17. The van der Waals surface area contributed by atoms with Crippen molar-refractivity contribution in [3.63, 3.8) is 0 Å². The molecule has 1 heterocycles. The van der Waals surface area contributed by atoms with Gasteiger partial charge in [0.1, 0.15) is 22.6 Å². The fourth-order valence-corrected chi connectivity index (χ4v) is 4.33. The second-order valence-electron chi connectivity index (χ2n) is 6.86. The maximum Gasteiger partial charge on any atom is 0.220 e. The Kier molecular flexibility index (Phi) is 6.61. The van der Waals surface area contributed by atoms with E-state index in [0.717, 1.165) is 11.3 Å². The summed E-state index contributed by atoms with van der Waals surface area (Å²) in [6.45, 7) is 5.66. The topological polar surface area (TPSA) is 92.3 Å². The lowest BCUT2D eigenvalue weighted by molar-refractivity contribution is -0.479. The van der Waals surface area contributed by atoms with Gasteiger partial charge in [-0.25, -0.2) is 0 Å². The van der Waals surface area contributed by atoms with Crippen LogP contribution in [0.3, 0.4) is 0 Å². The molecule has 2 aromatic carbocycles. The van der Waals surface area contributed by atoms with Crippen molar-refractivity contribution in [1.29, 1.82) is 0 Å². The van der Waals surface area contributed by atoms with Crippen LogP contribution in [-0.2, 0) is 0 Å². The van der Waals surface area contributed by atoms with Crippen molar-refractivity contribution >= 4 is 11.8 Å². The number of nitrogens with zero attached hydrogens (tertiary/aromatic N) is 4. The van der Waals surface area contributed by atoms with E-state index in [0.29, 0.717) is 28.0 Å². The number of nitro groups is 1. The van der Waals surface area contributed by atoms with Gasteiger partial charge in [0, 0.05) is 16.2 Å². The average molecular weight is 429 g/mol. The monoisotopic (exact) mass is 428 g/mol. The van der Waals surface area contributed by atoms with Gasteiger partial charge in [-0.05, 0) is 62.2 Å². The van der Waals surface area contributed by atoms with Gasteiger partial charge < -0.3 is 9.47 Å². The summed E-state index contributed by atoms with van der Waals surface area (Å²) in [6.07, 6.45) is 0. The van der Waals surface area contributed by atoms with Gasteiger partial charge in [0.2, 0.25) is 6.54 Å². The minimum absolute atomic E-state index is 0.299. The third-order valence-electron chi connectivity index (χ3n) is 4.89. The summed E-state index contributed by atoms with van der Waals surface area (Å²) in [5, 5.41) is 20.0. The summed E-state index contributed by atoms with van der Waals surface area (Å²) < 4.78 is 12.7. The molecule has 0 saturated carbocycles. The van der Waals surface area contributed by atoms with Crippen molar-refractivity contribution in [3.8, 4) is 17.2 Å². The Bertz CT molecular complexity index is 1070. The van der Waals surface area contributed by atoms with E-state index in [9.17, 15) is 10.1 Å². The van der Waals surface area contributed by atoms with Crippen LogP contribution in [0.1, 0.15) is 27.8 Å². The minimum atomic E-state index is -0.543. The number of thioether (sulfide) groups is 1. The minimum Gasteiger partial charge on any atom is -0.497 e. The SMILES string of the molecule is COc1ccc(OC)c([C@@H](C[N+](=O)[O-])Sc2nnc(C)n2-c2ccc(C)c(C)c2)c1. The van der Waals surface area contributed by atoms with Gasteiger partial charge in [0.15, 0.2) is 5.16 Å². The van der Waals surface area contributed by atoms with Crippen LogP contribution in [0.15, 0.2) is 41.6 Å². The zero-order chi connectivity index (χ0) is 21.8. The molecule has 158 valence electrons. The first-order chi connectivity index (χ1) is 14.3. The molecule has 0 unspecified atom stereocenters. The average Bonchev–Trinajstić information content (AvgIpc) is 3.08. The molecule has 0 bridgehead atoms. The van der Waals surface area contributed by atoms with Gasteiger partial charge >= 0.3 is 0 Å². The summed E-state index contributed by atoms with van der Waals surface area (Å²) in [5.74, 6) is 1.87. The van der Waals surface area contributed by atoms with Crippen LogP contribution in [0, 0.1) is 30.9 Å². The number of ether oxygens (including phenoxy) is 2. The van der Waals surface area contributed by atoms with E-state index in [-0.39, 0.29) is 11.5 Å². The summed E-state index contributed by atoms with van der Waals surface area (Å²) in [4.78, 5) is 11.1. The lowest BCUT2D eigenvalue weighted by atomic mass is 10.1. The number of rotatable bonds is 8. The fourth-order valence-electron chi connectivity index (χ4n) is 3.13. The number of benzene rings is 2. The first-order valence-electron chi connectivity index (χ1n) is 9.34. The Hall–Kier alpha value is -3.07. The van der Waals surface area contributed by atoms with E-state index in [4.69, 9.17) is 9.47 Å². The van der Waals surface area contributed by atoms with Gasteiger partial charge in [-0.15, -0.1) is 10.2 Å². The van der Waals surface area contributed by atoms with E-state index in [1.807, 2.05) is 30.5 Å². The summed E-state index contributed by atoms with van der Waals surface area (Å²) >= 11 is 1.28. The fraction of sp³-hybridized carbons (Fsp3) is 0.333. The molecule has 0 spiro atoms. The molecule has 30 heavy (non-hydrogen) atoms. The van der Waals surface area contributed by atoms with Crippen LogP contribution in [0.25, 0.3) is 5.69 Å². The highest BCUT2D eigenvalue weighted by Gasteiger charge is 2.27. The van der Waals surface area contributed by atoms with E-state index in [1.165, 1.54) is 17.3 Å². The van der Waals surface area contributed by atoms with Crippen LogP contribution in [0.5, 0.6) is 11.5 Å². The third-order valence-corrected chi connectivity index (χ3v) is 6.05. The summed E-state index contributed by atoms with van der Waals surface area (Å²) in [7, 11) is 3.10. The molecule has 8 nitrogen and oxygen atoms in total. The molecule has 1 atom stereocenters. The Labute approximate surface area is 179 Å². The molecule has 0 fully saturated rings. The van der Waals surface area contributed by atoms with E-state index in [1.54, 1.807) is 32.4 Å². The van der Waals surface area contributed by atoms with E-state index >= 15 is 0 Å². The predicted molar refractivity (Wildman–Crippen MR) is 116 cm³/mol. The third kappa shape index (κ3) is 4.56. The summed E-state index contributed by atoms with van der Waals surface area (Å²) in [5.41, 5.74) is 3.92. The van der Waals surface area contributed by atoms with Crippen LogP contribution in [0.4, 0.5) is 0 Å². The molecule has 1 aromatic heterocycles. The highest BCUT2D eigenvalue weighted by atomic mass is 32.2. The standard InChI is InChI=1S/C21H24N4O4S/c1-13-6-7-16(10-14(13)2)25-15(3)22-23-21(25)30-20(12-24(26)27)18-11-17(28-4)8-9-19(18)29-5/h6-11,20H,12H2,1-5H3/t20-/m1/s1. The molecule has 0 radical (unpaired) electrons. The predicted octanol–water partition coefficient (Wildman–Crippen LogP) is 4.32. The van der Waals surface area contributed by atoms with Crippen LogP contribution in [-0.4, -0.2) is 40.5 Å². The summed E-state index contributed by atoms with van der Waals surface area (Å²) in [6, 6.07) is 11.4. The molecule has 9 heteroatoms. The zero-order valence-corrected chi connectivity index (χ0v) is 18.4. The Morgan fingerprint density at radius 2 is 1.83 bits per heavy atom. The number of aromatic nitrogens is 3. The normalized spacial score (nSPS) is 11.9. The maximum atomic E-state index is 11.4. The number of methoxy groups -OCH3 is 2. The molecular formula is C21H24N4O4S. The molecular weight excluding hydrogens is 404 g/mol. The van der Waals surface area contributed by atoms with Crippen LogP contribution >= 0.6 is 11.8 Å². The Morgan fingerprint density at radius 1 is 1.07 bits per heavy atom. The number of hydrogen-bond donors (Lipinski definition) is 0. The Balaban J connectivity index is 2.06. The van der Waals surface area contributed by atoms with Crippen molar-refractivity contribution in [2.24, 2.45) is 0 Å². The van der Waals surface area contributed by atoms with Gasteiger partial charge in [-0.2, -0.15) is 0 Å². The number of aryl methyl sites for hydroxylation is 3. The molecule has 0 aliphatic heterocycles. The van der Waals surface area contributed by atoms with Crippen molar-refractivity contribution in [2.45, 2.75) is 31.2 Å². The second-order valence-corrected chi connectivity index (χ2v) is 8.03. The van der Waals surface area contributed by atoms with Crippen molar-refractivity contribution in [3.05, 3.63) is 69.0 Å². The van der Waals surface area contributed by atoms with Gasteiger partial charge in [0.25, 0.3) is 0 Å². The van der Waals surface area contributed by atoms with Crippen LogP contribution < -0.4 is 9.47 Å². The molecule has 0 amide bonds. The maximum absolute atomic E-state index is 11.4. The molecule has 0 saturated heterocycles. The molecule has 0 aliphatic rings. The van der Waals surface area contributed by atoms with E-state index < -0.39 is 5.25 Å². The number of hydrogen-bond acceptors (Lipinski definition) is 7. The molecule has 0 aliphatic carbocycles. The highest BCUT2D eigenvalue weighted by molar-refractivity contribution is 7.99. The Morgan fingerprint density at radius 3 is 2.47 bits per heavy atom. The van der Waals surface area contributed by atoms with Gasteiger partial charge in [0.05, 0.1) is 14.2 Å². The smallest absolute Gasteiger partial charge is 0.220 e. The van der Waals surface area contributed by atoms with Crippen LogP contribution in [0.2, 0.25) is 0 Å². The highest BCUT2D eigenvalue weighted by Crippen LogP contribution is 2.41. The van der Waals surface area contributed by atoms with Gasteiger partial charge in [-0.3, -0.25) is 14.7 Å². The largest absolute Gasteiger partial charge is 0.497 e. The lowest BCUT2D eigenvalue weighted by Crippen LogP contribution is -2.12. The first kappa shape index (κ1) is 21.6. The lowest BCUT2D eigenvalue weighted by Gasteiger charge is -2.18. The van der Waals surface area contributed by atoms with Crippen molar-refractivity contribution in [2.75, 3.05) is 20.8 Å². The van der Waals surface area contributed by atoms with E-state index in [2.05, 4.69) is 23.2 Å². The molecule has 3 rings (SSSR count). The zero-order valence-electron chi connectivity index (χ0n) is 17.6.